The van der Waals surface area contributed by atoms with Crippen molar-refractivity contribution < 1.29 is 9.59 Å². The van der Waals surface area contributed by atoms with Crippen LogP contribution >= 0.6 is 0 Å². The van der Waals surface area contributed by atoms with E-state index in [1.165, 1.54) is 4.90 Å². The fourth-order valence-electron chi connectivity index (χ4n) is 1.66. The van der Waals surface area contributed by atoms with Crippen molar-refractivity contribution in [3.05, 3.63) is 35.4 Å². The average molecular weight is 263 g/mol. The monoisotopic (exact) mass is 263 g/mol. The van der Waals surface area contributed by atoms with Gasteiger partial charge < -0.3 is 16.0 Å². The summed E-state index contributed by atoms with van der Waals surface area (Å²) in [7, 11) is 1.61. The Bertz CT molecular complexity index is 441. The molecule has 0 aromatic heterocycles. The van der Waals surface area contributed by atoms with Crippen molar-refractivity contribution in [3.63, 3.8) is 0 Å². The summed E-state index contributed by atoms with van der Waals surface area (Å²) in [6, 6.07) is 7.15. The Morgan fingerprint density at radius 2 is 1.84 bits per heavy atom. The van der Waals surface area contributed by atoms with Gasteiger partial charge in [-0.15, -0.1) is 0 Å². The topological polar surface area (TPSA) is 75.4 Å². The van der Waals surface area contributed by atoms with E-state index in [0.717, 1.165) is 5.56 Å². The fourth-order valence-corrected chi connectivity index (χ4v) is 1.66. The number of nitrogens with two attached hydrogens (primary N) is 1. The third-order valence-electron chi connectivity index (χ3n) is 2.61. The smallest absolute Gasteiger partial charge is 0.254 e. The summed E-state index contributed by atoms with van der Waals surface area (Å²) in [4.78, 5) is 25.1. The molecule has 0 saturated carbocycles. The number of rotatable bonds is 5. The number of hydrogen-bond donors (Lipinski definition) is 2. The molecule has 0 saturated heterocycles. The van der Waals surface area contributed by atoms with E-state index in [1.54, 1.807) is 19.2 Å². The quantitative estimate of drug-likeness (QED) is 0.823. The van der Waals surface area contributed by atoms with Gasteiger partial charge >= 0.3 is 0 Å². The normalized spacial score (nSPS) is 10.4. The first-order valence-corrected chi connectivity index (χ1v) is 6.28. The standard InChI is InChI=1S/C14H21N3O2/c1-10(2)16-13(18)9-17(3)14(19)12-6-4-11(8-15)5-7-12/h4-7,10H,8-9,15H2,1-3H3,(H,16,18). The van der Waals surface area contributed by atoms with E-state index in [9.17, 15) is 9.59 Å². The molecule has 0 unspecified atom stereocenters. The molecule has 0 aliphatic rings. The van der Waals surface area contributed by atoms with E-state index in [2.05, 4.69) is 5.32 Å². The van der Waals surface area contributed by atoms with Crippen LogP contribution in [0, 0.1) is 0 Å². The number of nitrogens with zero attached hydrogens (tertiary/aromatic N) is 1. The Morgan fingerprint density at radius 3 is 2.32 bits per heavy atom. The molecule has 0 bridgehead atoms. The highest BCUT2D eigenvalue weighted by molar-refractivity contribution is 5.96. The number of carbonyl (C=O) groups excluding carboxylic acids is 2. The Kier molecular flexibility index (Phi) is 5.51. The van der Waals surface area contributed by atoms with Gasteiger partial charge in [0.05, 0.1) is 6.54 Å². The van der Waals surface area contributed by atoms with Crippen LogP contribution in [0.5, 0.6) is 0 Å². The zero-order valence-corrected chi connectivity index (χ0v) is 11.6. The zero-order chi connectivity index (χ0) is 14.4. The fraction of sp³-hybridized carbons (Fsp3) is 0.429. The predicted octanol–water partition coefficient (Wildman–Crippen LogP) is 0.742. The molecule has 1 aromatic carbocycles. The molecule has 19 heavy (non-hydrogen) atoms. The van der Waals surface area contributed by atoms with Crippen LogP contribution in [-0.4, -0.2) is 36.3 Å². The second-order valence-electron chi connectivity index (χ2n) is 4.78. The molecule has 0 heterocycles. The highest BCUT2D eigenvalue weighted by atomic mass is 16.2. The lowest BCUT2D eigenvalue weighted by Crippen LogP contribution is -2.40. The van der Waals surface area contributed by atoms with Gasteiger partial charge in [0.1, 0.15) is 0 Å². The molecule has 5 nitrogen and oxygen atoms in total. The van der Waals surface area contributed by atoms with Crippen LogP contribution in [0.1, 0.15) is 29.8 Å². The largest absolute Gasteiger partial charge is 0.352 e. The number of hydrogen-bond acceptors (Lipinski definition) is 3. The Labute approximate surface area is 113 Å². The van der Waals surface area contributed by atoms with Gasteiger partial charge in [0.25, 0.3) is 5.91 Å². The summed E-state index contributed by atoms with van der Waals surface area (Å²) < 4.78 is 0. The summed E-state index contributed by atoms with van der Waals surface area (Å²) in [6.07, 6.45) is 0. The van der Waals surface area contributed by atoms with Gasteiger partial charge in [0.2, 0.25) is 5.91 Å². The van der Waals surface area contributed by atoms with Crippen LogP contribution in [0.25, 0.3) is 0 Å². The molecule has 1 rings (SSSR count). The second kappa shape index (κ2) is 6.89. The van der Waals surface area contributed by atoms with Crippen molar-refractivity contribution in [1.29, 1.82) is 0 Å². The van der Waals surface area contributed by atoms with Crippen LogP contribution in [0.2, 0.25) is 0 Å². The molecular weight excluding hydrogens is 242 g/mol. The molecule has 0 atom stereocenters. The molecule has 104 valence electrons. The van der Waals surface area contributed by atoms with E-state index in [-0.39, 0.29) is 24.4 Å². The molecule has 2 amide bonds. The SMILES string of the molecule is CC(C)NC(=O)CN(C)C(=O)c1ccc(CN)cc1. The Morgan fingerprint density at radius 1 is 1.26 bits per heavy atom. The lowest BCUT2D eigenvalue weighted by Gasteiger charge is -2.18. The summed E-state index contributed by atoms with van der Waals surface area (Å²) in [5.41, 5.74) is 7.02. The zero-order valence-electron chi connectivity index (χ0n) is 11.6. The van der Waals surface area contributed by atoms with Gasteiger partial charge in [-0.05, 0) is 31.5 Å². The molecule has 0 aliphatic carbocycles. The van der Waals surface area contributed by atoms with Gasteiger partial charge in [-0.25, -0.2) is 0 Å². The first-order chi connectivity index (χ1) is 8.93. The molecule has 5 heteroatoms. The van der Waals surface area contributed by atoms with Crippen molar-refractivity contribution in [1.82, 2.24) is 10.2 Å². The molecule has 3 N–H and O–H groups in total. The van der Waals surface area contributed by atoms with Gasteiger partial charge in [0.15, 0.2) is 0 Å². The summed E-state index contributed by atoms with van der Waals surface area (Å²) in [5, 5.41) is 2.75. The molecule has 0 spiro atoms. The van der Waals surface area contributed by atoms with Crippen molar-refractivity contribution in [2.45, 2.75) is 26.4 Å². The first kappa shape index (κ1) is 15.2. The van der Waals surface area contributed by atoms with E-state index in [0.29, 0.717) is 12.1 Å². The summed E-state index contributed by atoms with van der Waals surface area (Å²) >= 11 is 0. The van der Waals surface area contributed by atoms with E-state index in [1.807, 2.05) is 26.0 Å². The van der Waals surface area contributed by atoms with Gasteiger partial charge in [-0.1, -0.05) is 12.1 Å². The van der Waals surface area contributed by atoms with Gasteiger partial charge in [0, 0.05) is 25.2 Å². The molecule has 0 fully saturated rings. The van der Waals surface area contributed by atoms with Crippen molar-refractivity contribution in [3.8, 4) is 0 Å². The molecule has 0 aliphatic heterocycles. The maximum absolute atomic E-state index is 12.1. The average Bonchev–Trinajstić information content (AvgIpc) is 2.36. The Balaban J connectivity index is 2.63. The van der Waals surface area contributed by atoms with Crippen molar-refractivity contribution >= 4 is 11.8 Å². The lowest BCUT2D eigenvalue weighted by atomic mass is 10.1. The minimum Gasteiger partial charge on any atom is -0.352 e. The van der Waals surface area contributed by atoms with Crippen LogP contribution in [0.3, 0.4) is 0 Å². The van der Waals surface area contributed by atoms with Crippen LogP contribution < -0.4 is 11.1 Å². The first-order valence-electron chi connectivity index (χ1n) is 6.28. The minimum atomic E-state index is -0.178. The maximum Gasteiger partial charge on any atom is 0.254 e. The van der Waals surface area contributed by atoms with E-state index in [4.69, 9.17) is 5.73 Å². The van der Waals surface area contributed by atoms with E-state index >= 15 is 0 Å². The molecule has 0 radical (unpaired) electrons. The summed E-state index contributed by atoms with van der Waals surface area (Å²) in [5.74, 6) is -0.341. The van der Waals surface area contributed by atoms with Crippen molar-refractivity contribution in [2.24, 2.45) is 5.73 Å². The molecular formula is C14H21N3O2. The third-order valence-corrected chi connectivity index (χ3v) is 2.61. The number of benzene rings is 1. The molecule has 1 aromatic rings. The Hall–Kier alpha value is -1.88. The summed E-state index contributed by atoms with van der Waals surface area (Å²) in [6.45, 7) is 4.26. The number of nitrogens with one attached hydrogen (secondary N) is 1. The second-order valence-corrected chi connectivity index (χ2v) is 4.78. The van der Waals surface area contributed by atoms with Crippen LogP contribution in [0.15, 0.2) is 24.3 Å². The highest BCUT2D eigenvalue weighted by Crippen LogP contribution is 2.06. The van der Waals surface area contributed by atoms with Gasteiger partial charge in [-0.3, -0.25) is 9.59 Å². The van der Waals surface area contributed by atoms with Crippen LogP contribution in [0.4, 0.5) is 0 Å². The predicted molar refractivity (Wildman–Crippen MR) is 74.6 cm³/mol. The van der Waals surface area contributed by atoms with Crippen LogP contribution in [-0.2, 0) is 11.3 Å². The van der Waals surface area contributed by atoms with E-state index < -0.39 is 0 Å². The number of likely N-dealkylation sites (N-methyl/N-ethyl adjacent to an activating group) is 1. The lowest BCUT2D eigenvalue weighted by molar-refractivity contribution is -0.122. The number of amides is 2. The minimum absolute atomic E-state index is 0.0512. The van der Waals surface area contributed by atoms with Crippen molar-refractivity contribution in [2.75, 3.05) is 13.6 Å². The third kappa shape index (κ3) is 4.71. The number of carbonyl (C=O) groups is 2. The highest BCUT2D eigenvalue weighted by Gasteiger charge is 2.15. The maximum atomic E-state index is 12.1. The van der Waals surface area contributed by atoms with Gasteiger partial charge in [-0.2, -0.15) is 0 Å².